The van der Waals surface area contributed by atoms with Gasteiger partial charge in [-0.2, -0.15) is 8.75 Å². The second-order valence-corrected chi connectivity index (χ2v) is 16.8. The lowest BCUT2D eigenvalue weighted by Gasteiger charge is -2.40. The van der Waals surface area contributed by atoms with Crippen LogP contribution in [0.15, 0.2) is 48.8 Å². The second kappa shape index (κ2) is 18.9. The molecule has 19 heteroatoms. The number of aryl methyl sites for hydroxylation is 2. The first-order valence-corrected chi connectivity index (χ1v) is 21.2. The van der Waals surface area contributed by atoms with Gasteiger partial charge in [0.2, 0.25) is 0 Å². The third-order valence-electron chi connectivity index (χ3n) is 10.5. The zero-order valence-electron chi connectivity index (χ0n) is 34.1. The Bertz CT molecular complexity index is 2260. The van der Waals surface area contributed by atoms with E-state index >= 15 is 0 Å². The number of carbonyl (C=O) groups excluding carboxylic acids is 3. The van der Waals surface area contributed by atoms with E-state index in [0.717, 1.165) is 60.2 Å². The molecule has 4 atom stereocenters. The minimum absolute atomic E-state index is 0.0186. The minimum Gasteiger partial charge on any atom is -0.364 e. The highest BCUT2D eigenvalue weighted by Crippen LogP contribution is 2.29. The fourth-order valence-corrected chi connectivity index (χ4v) is 8.40. The Labute approximate surface area is 352 Å². The van der Waals surface area contributed by atoms with E-state index in [1.165, 1.54) is 28.6 Å². The van der Waals surface area contributed by atoms with E-state index in [-0.39, 0.29) is 41.5 Å². The SMILES string of the molecule is Cc1cc(Nc2nc(N3CCC[C@@H](N)[C@H]3C)cnc2C(N)=O)sn1.Cc1cc(Nc2nc(N3CCC[C@@H](NC(=O)c4ccc(C(C)C)cc4)[C@H]3C)cnc2C(N)=O)sn1. The summed E-state index contributed by atoms with van der Waals surface area (Å²) in [7, 11) is 0. The summed E-state index contributed by atoms with van der Waals surface area (Å²) in [6.07, 6.45) is 6.90. The molecule has 1 aromatic carbocycles. The van der Waals surface area contributed by atoms with E-state index in [1.54, 1.807) is 12.4 Å². The maximum atomic E-state index is 12.9. The highest BCUT2D eigenvalue weighted by Gasteiger charge is 2.32. The second-order valence-electron chi connectivity index (χ2n) is 15.2. The molecule has 4 aromatic heterocycles. The lowest BCUT2D eigenvalue weighted by Crippen LogP contribution is -2.54. The summed E-state index contributed by atoms with van der Waals surface area (Å²) in [5.41, 5.74) is 20.9. The summed E-state index contributed by atoms with van der Waals surface area (Å²) >= 11 is 2.56. The molecule has 0 unspecified atom stereocenters. The Morgan fingerprint density at radius 2 is 1.25 bits per heavy atom. The van der Waals surface area contributed by atoms with Gasteiger partial charge in [-0.25, -0.2) is 19.9 Å². The molecular formula is C40H52N14O3S2. The number of nitrogens with zero attached hydrogens (tertiary/aromatic N) is 8. The van der Waals surface area contributed by atoms with Crippen molar-refractivity contribution in [1.82, 2.24) is 34.0 Å². The van der Waals surface area contributed by atoms with Crippen LogP contribution < -0.4 is 43.0 Å². The van der Waals surface area contributed by atoms with Crippen LogP contribution in [0.2, 0.25) is 0 Å². The maximum Gasteiger partial charge on any atom is 0.271 e. The van der Waals surface area contributed by atoms with Gasteiger partial charge in [0.05, 0.1) is 23.8 Å². The molecule has 0 radical (unpaired) electrons. The summed E-state index contributed by atoms with van der Waals surface area (Å²) in [5.74, 6) is 0.988. The molecule has 5 aromatic rings. The number of primary amides is 2. The van der Waals surface area contributed by atoms with Crippen molar-refractivity contribution in [3.05, 3.63) is 82.7 Å². The molecule has 312 valence electrons. The Balaban J connectivity index is 0.000000213. The van der Waals surface area contributed by atoms with Gasteiger partial charge in [-0.3, -0.25) is 14.4 Å². The number of anilines is 6. The van der Waals surface area contributed by atoms with Crippen LogP contribution in [0.1, 0.15) is 108 Å². The van der Waals surface area contributed by atoms with E-state index in [1.807, 2.05) is 50.2 Å². The van der Waals surface area contributed by atoms with E-state index in [0.29, 0.717) is 34.8 Å². The quantitative estimate of drug-likeness (QED) is 0.0976. The molecule has 9 N–H and O–H groups in total. The first-order valence-electron chi connectivity index (χ1n) is 19.6. The molecule has 3 amide bonds. The molecule has 0 spiro atoms. The van der Waals surface area contributed by atoms with Crippen LogP contribution >= 0.6 is 23.1 Å². The molecule has 2 fully saturated rings. The highest BCUT2D eigenvalue weighted by molar-refractivity contribution is 7.10. The van der Waals surface area contributed by atoms with Crippen LogP contribution in [-0.4, -0.2) is 83.7 Å². The molecule has 17 nitrogen and oxygen atoms in total. The molecule has 0 bridgehead atoms. The normalized spacial score (nSPS) is 19.1. The fraction of sp³-hybridized carbons (Fsp3) is 0.425. The van der Waals surface area contributed by atoms with Crippen molar-refractivity contribution in [3.8, 4) is 0 Å². The first kappa shape index (κ1) is 42.8. The van der Waals surface area contributed by atoms with Gasteiger partial charge < -0.3 is 43.0 Å². The molecule has 59 heavy (non-hydrogen) atoms. The summed E-state index contributed by atoms with van der Waals surface area (Å²) in [6.45, 7) is 13.8. The number of hydrogen-bond acceptors (Lipinski definition) is 16. The molecular weight excluding hydrogens is 789 g/mol. The Morgan fingerprint density at radius 1 is 0.763 bits per heavy atom. The average molecular weight is 841 g/mol. The van der Waals surface area contributed by atoms with E-state index in [9.17, 15) is 14.4 Å². The number of amides is 3. The van der Waals surface area contributed by atoms with Crippen LogP contribution in [0.5, 0.6) is 0 Å². The lowest BCUT2D eigenvalue weighted by molar-refractivity contribution is 0.0922. The number of nitrogens with two attached hydrogens (primary N) is 3. The highest BCUT2D eigenvalue weighted by atomic mass is 32.1. The van der Waals surface area contributed by atoms with Crippen molar-refractivity contribution in [2.24, 2.45) is 17.2 Å². The van der Waals surface area contributed by atoms with Crippen LogP contribution in [0.25, 0.3) is 0 Å². The third-order valence-corrected chi connectivity index (χ3v) is 12.1. The van der Waals surface area contributed by atoms with Gasteiger partial charge in [0, 0.05) is 42.8 Å². The van der Waals surface area contributed by atoms with Gasteiger partial charge in [-0.05, 0) is 112 Å². The zero-order valence-corrected chi connectivity index (χ0v) is 35.7. The number of benzene rings is 1. The van der Waals surface area contributed by atoms with Crippen LogP contribution in [0, 0.1) is 13.8 Å². The summed E-state index contributed by atoms with van der Waals surface area (Å²) < 4.78 is 8.46. The molecule has 6 heterocycles. The van der Waals surface area contributed by atoms with Gasteiger partial charge in [0.25, 0.3) is 17.7 Å². The van der Waals surface area contributed by atoms with Gasteiger partial charge >= 0.3 is 0 Å². The maximum absolute atomic E-state index is 12.9. The van der Waals surface area contributed by atoms with Crippen molar-refractivity contribution in [2.45, 2.75) is 97.3 Å². The van der Waals surface area contributed by atoms with Crippen molar-refractivity contribution in [2.75, 3.05) is 33.5 Å². The standard InChI is InChI=1S/C25H31N7O2S.C15H21N7OS/c1-14(2)17-7-9-18(10-8-17)25(34)28-19-6-5-11-32(16(19)4)20-13-27-22(23(26)33)24(29-20)30-21-12-15(3)31-35-21;1-8-6-12(24-21-8)20-15-13(14(17)23)18-7-11(19-15)22-5-3-4-10(16)9(22)2/h7-10,12-14,16,19H,5-6,11H2,1-4H3,(H2,26,33)(H,28,34)(H,29,30);6-7,9-10H,3-5,16H2,1-2H3,(H2,17,23)(H,19,20)/t16-,19-;9-,10-/m11/s1. The Kier molecular flexibility index (Phi) is 13.7. The molecule has 7 rings (SSSR count). The molecule has 2 aliphatic rings. The number of hydrogen-bond donors (Lipinski definition) is 6. The smallest absolute Gasteiger partial charge is 0.271 e. The largest absolute Gasteiger partial charge is 0.364 e. The van der Waals surface area contributed by atoms with Crippen LogP contribution in [0.3, 0.4) is 0 Å². The summed E-state index contributed by atoms with van der Waals surface area (Å²) in [4.78, 5) is 58.6. The minimum atomic E-state index is -0.659. The van der Waals surface area contributed by atoms with E-state index in [4.69, 9.17) is 17.2 Å². The summed E-state index contributed by atoms with van der Waals surface area (Å²) in [6, 6.07) is 11.7. The lowest BCUT2D eigenvalue weighted by atomic mass is 9.96. The molecule has 0 saturated carbocycles. The number of nitrogens with one attached hydrogen (secondary N) is 3. The molecule has 0 aliphatic carbocycles. The topological polar surface area (TPSA) is 249 Å². The third kappa shape index (κ3) is 10.5. The van der Waals surface area contributed by atoms with Crippen LogP contribution in [0.4, 0.5) is 33.3 Å². The number of piperidine rings is 2. The van der Waals surface area contributed by atoms with Gasteiger partial charge in [0.1, 0.15) is 21.6 Å². The molecule has 2 aliphatic heterocycles. The first-order chi connectivity index (χ1) is 28.2. The number of aromatic nitrogens is 6. The summed E-state index contributed by atoms with van der Waals surface area (Å²) in [5, 5.41) is 11.0. The predicted octanol–water partition coefficient (Wildman–Crippen LogP) is 5.39. The number of carbonyl (C=O) groups is 3. The van der Waals surface area contributed by atoms with E-state index < -0.39 is 11.8 Å². The van der Waals surface area contributed by atoms with Crippen molar-refractivity contribution < 1.29 is 14.4 Å². The average Bonchev–Trinajstić information content (AvgIpc) is 3.82. The zero-order chi connectivity index (χ0) is 42.4. The monoisotopic (exact) mass is 840 g/mol. The Morgan fingerprint density at radius 3 is 1.71 bits per heavy atom. The van der Waals surface area contributed by atoms with Crippen molar-refractivity contribution >= 4 is 74.1 Å². The fourth-order valence-electron chi connectivity index (χ4n) is 7.08. The van der Waals surface area contributed by atoms with Crippen LogP contribution in [-0.2, 0) is 0 Å². The predicted molar refractivity (Wildman–Crippen MR) is 233 cm³/mol. The van der Waals surface area contributed by atoms with E-state index in [2.05, 4.69) is 82.1 Å². The van der Waals surface area contributed by atoms with Gasteiger partial charge in [-0.15, -0.1) is 0 Å². The molecule has 2 saturated heterocycles. The Hall–Kier alpha value is -5.79. The number of rotatable bonds is 11. The van der Waals surface area contributed by atoms with Crippen molar-refractivity contribution in [3.63, 3.8) is 0 Å². The van der Waals surface area contributed by atoms with Gasteiger partial charge in [-0.1, -0.05) is 26.0 Å². The van der Waals surface area contributed by atoms with Crippen molar-refractivity contribution in [1.29, 1.82) is 0 Å². The van der Waals surface area contributed by atoms with Gasteiger partial charge in [0.15, 0.2) is 23.0 Å².